The summed E-state index contributed by atoms with van der Waals surface area (Å²) in [6.07, 6.45) is 4.91. The number of aromatic nitrogens is 4. The standard InChI is InChI=1S/C22H22FN5OS/c1-27(2)13-18(29)15-9-11-28-19(12-15)26-20(14-4-6-16(23)7-5-14)21(28)17-8-10-24-22(25-17)30-3/h4-12,18,29H,13H2,1-3H3. The van der Waals surface area contributed by atoms with Crippen LogP contribution in [-0.4, -0.2) is 56.3 Å². The smallest absolute Gasteiger partial charge is 0.187 e. The minimum Gasteiger partial charge on any atom is -0.387 e. The van der Waals surface area contributed by atoms with Gasteiger partial charge in [0, 0.05) is 24.5 Å². The molecule has 0 radical (unpaired) electrons. The summed E-state index contributed by atoms with van der Waals surface area (Å²) in [6, 6.07) is 11.9. The topological polar surface area (TPSA) is 66.6 Å². The molecular weight excluding hydrogens is 401 g/mol. The van der Waals surface area contributed by atoms with Gasteiger partial charge >= 0.3 is 0 Å². The van der Waals surface area contributed by atoms with E-state index in [1.54, 1.807) is 18.3 Å². The predicted molar refractivity (Wildman–Crippen MR) is 117 cm³/mol. The maximum absolute atomic E-state index is 13.5. The highest BCUT2D eigenvalue weighted by molar-refractivity contribution is 7.98. The number of aliphatic hydroxyl groups is 1. The summed E-state index contributed by atoms with van der Waals surface area (Å²) < 4.78 is 15.4. The lowest BCUT2D eigenvalue weighted by Gasteiger charge is -2.16. The number of imidazole rings is 1. The van der Waals surface area contributed by atoms with Crippen molar-refractivity contribution in [2.75, 3.05) is 26.9 Å². The summed E-state index contributed by atoms with van der Waals surface area (Å²) in [7, 11) is 3.83. The summed E-state index contributed by atoms with van der Waals surface area (Å²) in [6.45, 7) is 0.511. The third-order valence-corrected chi connectivity index (χ3v) is 5.31. The second-order valence-corrected chi connectivity index (χ2v) is 7.98. The van der Waals surface area contributed by atoms with E-state index in [9.17, 15) is 9.50 Å². The zero-order valence-corrected chi connectivity index (χ0v) is 17.8. The van der Waals surface area contributed by atoms with E-state index in [1.165, 1.54) is 23.9 Å². The molecule has 4 aromatic rings. The second-order valence-electron chi connectivity index (χ2n) is 7.21. The quantitative estimate of drug-likeness (QED) is 0.375. The number of fused-ring (bicyclic) bond motifs is 1. The van der Waals surface area contributed by atoms with Crippen LogP contribution in [0.15, 0.2) is 60.0 Å². The molecule has 3 heterocycles. The van der Waals surface area contributed by atoms with E-state index in [0.29, 0.717) is 23.0 Å². The number of halogens is 1. The van der Waals surface area contributed by atoms with Crippen LogP contribution in [0.2, 0.25) is 0 Å². The van der Waals surface area contributed by atoms with Crippen LogP contribution < -0.4 is 0 Å². The van der Waals surface area contributed by atoms with Crippen molar-refractivity contribution in [3.05, 3.63) is 66.2 Å². The first-order chi connectivity index (χ1) is 14.5. The van der Waals surface area contributed by atoms with Crippen molar-refractivity contribution >= 4 is 17.4 Å². The van der Waals surface area contributed by atoms with Gasteiger partial charge in [-0.05, 0) is 68.4 Å². The van der Waals surface area contributed by atoms with Gasteiger partial charge in [0.25, 0.3) is 0 Å². The van der Waals surface area contributed by atoms with Gasteiger partial charge in [-0.3, -0.25) is 4.40 Å². The van der Waals surface area contributed by atoms with Crippen LogP contribution in [0.3, 0.4) is 0 Å². The first-order valence-electron chi connectivity index (χ1n) is 9.44. The monoisotopic (exact) mass is 423 g/mol. The van der Waals surface area contributed by atoms with Gasteiger partial charge in [0.15, 0.2) is 5.16 Å². The lowest BCUT2D eigenvalue weighted by molar-refractivity contribution is 0.138. The number of rotatable bonds is 6. The summed E-state index contributed by atoms with van der Waals surface area (Å²) in [5, 5.41) is 11.2. The SMILES string of the molecule is CSc1nccc(-c2c(-c3ccc(F)cc3)nc3cc(C(O)CN(C)C)ccn23)n1. The van der Waals surface area contributed by atoms with Gasteiger partial charge in [0.2, 0.25) is 0 Å². The number of benzene rings is 1. The third-order valence-electron chi connectivity index (χ3n) is 4.75. The highest BCUT2D eigenvalue weighted by atomic mass is 32.2. The minimum absolute atomic E-state index is 0.301. The molecule has 3 aromatic heterocycles. The Morgan fingerprint density at radius 2 is 1.90 bits per heavy atom. The van der Waals surface area contributed by atoms with Crippen molar-refractivity contribution in [1.29, 1.82) is 0 Å². The number of hydrogen-bond acceptors (Lipinski definition) is 6. The number of pyridine rings is 1. The Labute approximate surface area is 178 Å². The lowest BCUT2D eigenvalue weighted by Crippen LogP contribution is -2.20. The Balaban J connectivity index is 1.91. The molecule has 0 saturated heterocycles. The van der Waals surface area contributed by atoms with E-state index in [0.717, 1.165) is 22.5 Å². The Bertz CT molecular complexity index is 1180. The number of nitrogens with zero attached hydrogens (tertiary/aromatic N) is 5. The average molecular weight is 424 g/mol. The molecule has 0 saturated carbocycles. The molecule has 154 valence electrons. The van der Waals surface area contributed by atoms with Crippen LogP contribution in [0.5, 0.6) is 0 Å². The third kappa shape index (κ3) is 4.07. The number of hydrogen-bond donors (Lipinski definition) is 1. The molecule has 0 aliphatic heterocycles. The zero-order valence-electron chi connectivity index (χ0n) is 17.0. The maximum atomic E-state index is 13.5. The van der Waals surface area contributed by atoms with Crippen molar-refractivity contribution < 1.29 is 9.50 Å². The Hall–Kier alpha value is -2.81. The van der Waals surface area contributed by atoms with Crippen LogP contribution in [-0.2, 0) is 0 Å². The molecular formula is C22H22FN5OS. The molecule has 0 aliphatic rings. The predicted octanol–water partition coefficient (Wildman–Crippen LogP) is 3.91. The molecule has 1 atom stereocenters. The second kappa shape index (κ2) is 8.51. The van der Waals surface area contributed by atoms with Gasteiger partial charge in [0.1, 0.15) is 11.5 Å². The summed E-state index contributed by atoms with van der Waals surface area (Å²) in [4.78, 5) is 15.7. The number of thioether (sulfide) groups is 1. The van der Waals surface area contributed by atoms with Crippen LogP contribution in [0.1, 0.15) is 11.7 Å². The molecule has 6 nitrogen and oxygen atoms in total. The molecule has 8 heteroatoms. The van der Waals surface area contributed by atoms with Gasteiger partial charge in [-0.25, -0.2) is 19.3 Å². The zero-order chi connectivity index (χ0) is 21.3. The first kappa shape index (κ1) is 20.5. The average Bonchev–Trinajstić information content (AvgIpc) is 3.12. The van der Waals surface area contributed by atoms with Crippen LogP contribution in [0.25, 0.3) is 28.3 Å². The fourth-order valence-electron chi connectivity index (χ4n) is 3.34. The maximum Gasteiger partial charge on any atom is 0.187 e. The Morgan fingerprint density at radius 1 is 1.13 bits per heavy atom. The van der Waals surface area contributed by atoms with Gasteiger partial charge in [-0.1, -0.05) is 11.8 Å². The van der Waals surface area contributed by atoms with Crippen molar-refractivity contribution in [2.24, 2.45) is 0 Å². The van der Waals surface area contributed by atoms with Crippen molar-refractivity contribution in [1.82, 2.24) is 24.3 Å². The normalized spacial score (nSPS) is 12.6. The summed E-state index contributed by atoms with van der Waals surface area (Å²) >= 11 is 1.46. The molecule has 4 rings (SSSR count). The fraction of sp³-hybridized carbons (Fsp3) is 0.227. The van der Waals surface area contributed by atoms with E-state index in [2.05, 4.69) is 9.97 Å². The highest BCUT2D eigenvalue weighted by Crippen LogP contribution is 2.33. The molecule has 30 heavy (non-hydrogen) atoms. The van der Waals surface area contributed by atoms with Crippen LogP contribution >= 0.6 is 11.8 Å². The van der Waals surface area contributed by atoms with Gasteiger partial charge in [-0.2, -0.15) is 0 Å². The van der Waals surface area contributed by atoms with E-state index >= 15 is 0 Å². The van der Waals surface area contributed by atoms with Gasteiger partial charge < -0.3 is 10.0 Å². The van der Waals surface area contributed by atoms with Crippen LogP contribution in [0.4, 0.5) is 4.39 Å². The van der Waals surface area contributed by atoms with Crippen LogP contribution in [0, 0.1) is 5.82 Å². The van der Waals surface area contributed by atoms with E-state index in [-0.39, 0.29) is 5.82 Å². The van der Waals surface area contributed by atoms with Crippen molar-refractivity contribution in [2.45, 2.75) is 11.3 Å². The first-order valence-corrected chi connectivity index (χ1v) is 10.7. The summed E-state index contributed by atoms with van der Waals surface area (Å²) in [5.41, 5.74) is 4.47. The molecule has 0 bridgehead atoms. The minimum atomic E-state index is -0.624. The Kier molecular flexibility index (Phi) is 5.80. The molecule has 1 N–H and O–H groups in total. The highest BCUT2D eigenvalue weighted by Gasteiger charge is 2.19. The molecule has 0 spiro atoms. The number of aliphatic hydroxyl groups excluding tert-OH is 1. The van der Waals surface area contributed by atoms with Crippen molar-refractivity contribution in [3.8, 4) is 22.6 Å². The van der Waals surface area contributed by atoms with Gasteiger partial charge in [0.05, 0.1) is 23.2 Å². The fourth-order valence-corrected chi connectivity index (χ4v) is 3.70. The molecule has 1 unspecified atom stereocenters. The molecule has 0 amide bonds. The molecule has 1 aromatic carbocycles. The van der Waals surface area contributed by atoms with Gasteiger partial charge in [-0.15, -0.1) is 0 Å². The van der Waals surface area contributed by atoms with E-state index in [1.807, 2.05) is 54.0 Å². The Morgan fingerprint density at radius 3 is 2.60 bits per heavy atom. The number of likely N-dealkylation sites (N-methyl/N-ethyl adjacent to an activating group) is 1. The molecule has 0 aliphatic carbocycles. The largest absolute Gasteiger partial charge is 0.387 e. The summed E-state index contributed by atoms with van der Waals surface area (Å²) in [5.74, 6) is -0.301. The molecule has 0 fully saturated rings. The van der Waals surface area contributed by atoms with E-state index < -0.39 is 6.10 Å². The lowest BCUT2D eigenvalue weighted by atomic mass is 10.1. The van der Waals surface area contributed by atoms with E-state index in [4.69, 9.17) is 4.98 Å². The van der Waals surface area contributed by atoms with Crippen molar-refractivity contribution in [3.63, 3.8) is 0 Å².